The Morgan fingerprint density at radius 3 is 1.09 bits per heavy atom. The van der Waals surface area contributed by atoms with Gasteiger partial charge in [0.25, 0.3) is 0 Å². The van der Waals surface area contributed by atoms with E-state index in [0.717, 1.165) is 0 Å². The van der Waals surface area contributed by atoms with E-state index in [2.05, 4.69) is 6.58 Å². The van der Waals surface area contributed by atoms with Gasteiger partial charge in [0.2, 0.25) is 0 Å². The van der Waals surface area contributed by atoms with E-state index in [1.807, 2.05) is 6.07 Å². The van der Waals surface area contributed by atoms with Crippen molar-refractivity contribution in [2.24, 2.45) is 0 Å². The molecular weight excluding hydrogens is 840 g/mol. The molecule has 18 heteroatoms. The second-order valence-corrected chi connectivity index (χ2v) is 13.4. The van der Waals surface area contributed by atoms with E-state index in [0.29, 0.717) is 155 Å². The van der Waals surface area contributed by atoms with Crippen molar-refractivity contribution in [2.45, 2.75) is 19.8 Å². The molecule has 64 heavy (non-hydrogen) atoms. The first kappa shape index (κ1) is 56.0. The molecule has 18 nitrogen and oxygen atoms in total. The monoisotopic (exact) mass is 908 g/mol. The molecule has 0 unspecified atom stereocenters. The number of hydrogen-bond donors (Lipinski definition) is 0. The zero-order valence-electron chi connectivity index (χ0n) is 37.3. The Bertz CT molecular complexity index is 1510. The van der Waals surface area contributed by atoms with Crippen LogP contribution in [0.4, 0.5) is 0 Å². The van der Waals surface area contributed by atoms with Crippen LogP contribution in [0.15, 0.2) is 66.7 Å². The number of rotatable bonds is 44. The molecule has 0 atom stereocenters. The second-order valence-electron chi connectivity index (χ2n) is 13.4. The third-order valence-electron chi connectivity index (χ3n) is 8.21. The van der Waals surface area contributed by atoms with Gasteiger partial charge < -0.3 is 66.3 Å². The number of carbonyl (C=O) groups is 4. The van der Waals surface area contributed by atoms with E-state index in [-0.39, 0.29) is 56.8 Å². The Kier molecular flexibility index (Phi) is 35.3. The molecule has 0 aliphatic carbocycles. The van der Waals surface area contributed by atoms with Gasteiger partial charge in [0.05, 0.1) is 158 Å². The van der Waals surface area contributed by atoms with Crippen molar-refractivity contribution in [2.75, 3.05) is 165 Å². The number of ketones is 1. The number of esters is 3. The first-order valence-corrected chi connectivity index (χ1v) is 21.6. The van der Waals surface area contributed by atoms with E-state index >= 15 is 0 Å². The van der Waals surface area contributed by atoms with Crippen LogP contribution in [0, 0.1) is 0 Å². The summed E-state index contributed by atoms with van der Waals surface area (Å²) in [5, 5.41) is 0. The van der Waals surface area contributed by atoms with Gasteiger partial charge in [-0.2, -0.15) is 0 Å². The van der Waals surface area contributed by atoms with Gasteiger partial charge in [-0.1, -0.05) is 55.1 Å². The molecule has 0 aliphatic rings. The molecule has 0 N–H and O–H groups in total. The smallest absolute Gasteiger partial charge is 0.338 e. The molecule has 2 aromatic rings. The average Bonchev–Trinajstić information content (AvgIpc) is 3.31. The normalized spacial score (nSPS) is 11.1. The third-order valence-corrected chi connectivity index (χ3v) is 8.21. The quantitative estimate of drug-likeness (QED) is 0.0307. The number of carbonyl (C=O) groups excluding carboxylic acids is 4. The first-order chi connectivity index (χ1) is 31.4. The van der Waals surface area contributed by atoms with Gasteiger partial charge in [-0.25, -0.2) is 9.59 Å². The summed E-state index contributed by atoms with van der Waals surface area (Å²) in [5.74, 6) is -1.66. The van der Waals surface area contributed by atoms with Crippen LogP contribution < -0.4 is 0 Å². The highest BCUT2D eigenvalue weighted by Gasteiger charge is 2.19. The number of hydrogen-bond acceptors (Lipinski definition) is 18. The molecular formula is C46H68O18. The first-order valence-electron chi connectivity index (χ1n) is 21.6. The minimum absolute atomic E-state index is 0.0523. The van der Waals surface area contributed by atoms with E-state index in [1.54, 1.807) is 55.5 Å². The predicted octanol–water partition coefficient (Wildman–Crippen LogP) is 3.70. The Balaban J connectivity index is 1.20. The third kappa shape index (κ3) is 30.8. The predicted molar refractivity (Wildman–Crippen MR) is 232 cm³/mol. The molecule has 0 bridgehead atoms. The maximum absolute atomic E-state index is 12.8. The Morgan fingerprint density at radius 1 is 0.391 bits per heavy atom. The van der Waals surface area contributed by atoms with Gasteiger partial charge >= 0.3 is 17.9 Å². The van der Waals surface area contributed by atoms with Crippen LogP contribution in [0.5, 0.6) is 0 Å². The van der Waals surface area contributed by atoms with Gasteiger partial charge in [0.1, 0.15) is 13.2 Å². The van der Waals surface area contributed by atoms with Crippen molar-refractivity contribution in [1.29, 1.82) is 0 Å². The topological polar surface area (TPSA) is 198 Å². The molecule has 0 heterocycles. The minimum Gasteiger partial charge on any atom is -0.463 e. The van der Waals surface area contributed by atoms with Crippen LogP contribution in [-0.2, 0) is 75.9 Å². The molecule has 0 radical (unpaired) electrons. The average molecular weight is 909 g/mol. The van der Waals surface area contributed by atoms with Crippen molar-refractivity contribution in [3.63, 3.8) is 0 Å². The maximum Gasteiger partial charge on any atom is 0.338 e. The van der Waals surface area contributed by atoms with Crippen molar-refractivity contribution in [3.05, 3.63) is 83.4 Å². The lowest BCUT2D eigenvalue weighted by molar-refractivity contribution is -0.147. The molecule has 360 valence electrons. The Labute approximate surface area is 376 Å². The molecule has 0 spiro atoms. The number of benzene rings is 2. The van der Waals surface area contributed by atoms with E-state index in [4.69, 9.17) is 66.3 Å². The second kappa shape index (κ2) is 40.3. The van der Waals surface area contributed by atoms with Crippen molar-refractivity contribution in [1.82, 2.24) is 0 Å². The van der Waals surface area contributed by atoms with Crippen LogP contribution in [0.2, 0.25) is 0 Å². The van der Waals surface area contributed by atoms with Crippen LogP contribution in [0.3, 0.4) is 0 Å². The van der Waals surface area contributed by atoms with Crippen LogP contribution >= 0.6 is 0 Å². The summed E-state index contributed by atoms with van der Waals surface area (Å²) in [7, 11) is 0. The molecule has 2 aromatic carbocycles. The summed E-state index contributed by atoms with van der Waals surface area (Å²) in [6.07, 6.45) is 0.546. The highest BCUT2D eigenvalue weighted by atomic mass is 16.6. The summed E-state index contributed by atoms with van der Waals surface area (Å²) in [6.45, 7) is 14.5. The zero-order valence-corrected chi connectivity index (χ0v) is 37.3. The van der Waals surface area contributed by atoms with Gasteiger partial charge in [0.15, 0.2) is 5.78 Å². The molecule has 0 fully saturated rings. The van der Waals surface area contributed by atoms with Crippen molar-refractivity contribution >= 4 is 23.7 Å². The van der Waals surface area contributed by atoms with Crippen LogP contribution in [-0.4, -0.2) is 189 Å². The zero-order chi connectivity index (χ0) is 46.0. The maximum atomic E-state index is 12.8. The van der Waals surface area contributed by atoms with Crippen LogP contribution in [0.1, 0.15) is 46.0 Å². The van der Waals surface area contributed by atoms with E-state index in [9.17, 15) is 19.2 Å². The summed E-state index contributed by atoms with van der Waals surface area (Å²) < 4.78 is 75.4. The lowest BCUT2D eigenvalue weighted by Gasteiger charge is -2.10. The fourth-order valence-electron chi connectivity index (χ4n) is 4.97. The van der Waals surface area contributed by atoms with Gasteiger partial charge in [-0.05, 0) is 19.4 Å². The SMILES string of the molecule is C=C(C)C(=O)OCCCC(=O)OCCOCCOCCOCCOCCOCCOCCOCCOCCOCCOCCOCCOC(=O)c1ccccc1C(=O)c1ccccc1. The van der Waals surface area contributed by atoms with Gasteiger partial charge in [-0.3, -0.25) is 9.59 Å². The fourth-order valence-corrected chi connectivity index (χ4v) is 4.97. The lowest BCUT2D eigenvalue weighted by atomic mass is 9.98. The lowest BCUT2D eigenvalue weighted by Crippen LogP contribution is -2.16. The highest BCUT2D eigenvalue weighted by molar-refractivity contribution is 6.14. The summed E-state index contributed by atoms with van der Waals surface area (Å²) in [6, 6.07) is 15.4. The summed E-state index contributed by atoms with van der Waals surface area (Å²) >= 11 is 0. The molecule has 2 rings (SSSR count). The van der Waals surface area contributed by atoms with Crippen molar-refractivity contribution < 1.29 is 85.5 Å². The Morgan fingerprint density at radius 2 is 0.719 bits per heavy atom. The summed E-state index contributed by atoms with van der Waals surface area (Å²) in [4.78, 5) is 48.3. The number of ether oxygens (including phenoxy) is 14. The Hall–Kier alpha value is -4.18. The standard InChI is InChI=1S/C46H68O18/c1-39(2)45(49)63-14-8-13-43(47)62-37-35-60-33-31-58-29-27-56-25-23-54-21-19-52-17-15-51-16-18-53-20-22-55-24-26-57-28-30-59-32-34-61-36-38-64-46(50)42-12-7-6-11-41(42)44(48)40-9-4-3-5-10-40/h3-7,9-12H,1,8,13-38H2,2H3. The van der Waals surface area contributed by atoms with Gasteiger partial charge in [0, 0.05) is 23.1 Å². The molecule has 0 saturated heterocycles. The molecule has 0 aliphatic heterocycles. The minimum atomic E-state index is -0.578. The van der Waals surface area contributed by atoms with Gasteiger partial charge in [-0.15, -0.1) is 0 Å². The molecule has 0 amide bonds. The van der Waals surface area contributed by atoms with E-state index in [1.165, 1.54) is 0 Å². The molecule has 0 saturated carbocycles. The van der Waals surface area contributed by atoms with E-state index < -0.39 is 11.9 Å². The largest absolute Gasteiger partial charge is 0.463 e. The van der Waals surface area contributed by atoms with Crippen molar-refractivity contribution in [3.8, 4) is 0 Å². The van der Waals surface area contributed by atoms with Crippen LogP contribution in [0.25, 0.3) is 0 Å². The summed E-state index contributed by atoms with van der Waals surface area (Å²) in [5.41, 5.74) is 1.33. The molecule has 0 aromatic heterocycles. The fraction of sp³-hybridized carbons (Fsp3) is 0.609. The highest BCUT2D eigenvalue weighted by Crippen LogP contribution is 2.16.